The fraction of sp³-hybridized carbons (Fsp3) is 0.474. The number of aromatic amines is 1. The number of aromatic nitrogens is 1. The molecule has 0 aliphatic rings. The Labute approximate surface area is 158 Å². The minimum absolute atomic E-state index is 0.251. The van der Waals surface area contributed by atoms with Crippen LogP contribution in [0.4, 0.5) is 9.18 Å². The van der Waals surface area contributed by atoms with Gasteiger partial charge >= 0.3 is 6.09 Å². The normalized spacial score (nSPS) is 12.1. The number of H-pyrrole nitrogens is 1. The summed E-state index contributed by atoms with van der Waals surface area (Å²) in [5.41, 5.74) is 1.39. The van der Waals surface area contributed by atoms with Gasteiger partial charge in [-0.25, -0.2) is 9.18 Å². The van der Waals surface area contributed by atoms with Crippen molar-refractivity contribution in [2.24, 2.45) is 4.99 Å². The van der Waals surface area contributed by atoms with Gasteiger partial charge in [-0.05, 0) is 51.0 Å². The molecular weight excluding hydrogens is 349 g/mol. The van der Waals surface area contributed by atoms with Gasteiger partial charge in [-0.15, -0.1) is 0 Å². The van der Waals surface area contributed by atoms with Crippen molar-refractivity contribution in [1.29, 1.82) is 0 Å². The van der Waals surface area contributed by atoms with E-state index in [1.165, 1.54) is 12.1 Å². The van der Waals surface area contributed by atoms with Gasteiger partial charge in [-0.3, -0.25) is 4.99 Å². The molecule has 0 atom stereocenters. The molecule has 1 aromatic carbocycles. The van der Waals surface area contributed by atoms with Gasteiger partial charge in [0.1, 0.15) is 11.4 Å². The summed E-state index contributed by atoms with van der Waals surface area (Å²) in [7, 11) is 1.69. The fourth-order valence-electron chi connectivity index (χ4n) is 2.56. The van der Waals surface area contributed by atoms with E-state index in [2.05, 4.69) is 25.9 Å². The number of ether oxygens (including phenoxy) is 1. The Morgan fingerprint density at radius 1 is 1.19 bits per heavy atom. The van der Waals surface area contributed by atoms with E-state index in [9.17, 15) is 9.18 Å². The summed E-state index contributed by atoms with van der Waals surface area (Å²) < 4.78 is 18.4. The average Bonchev–Trinajstić information content (AvgIpc) is 2.97. The predicted octanol–water partition coefficient (Wildman–Crippen LogP) is 2.54. The molecule has 7 nitrogen and oxygen atoms in total. The molecule has 0 aliphatic heterocycles. The predicted molar refractivity (Wildman–Crippen MR) is 106 cm³/mol. The highest BCUT2D eigenvalue weighted by Crippen LogP contribution is 2.19. The number of carbonyl (C=O) groups is 1. The monoisotopic (exact) mass is 377 g/mol. The van der Waals surface area contributed by atoms with Gasteiger partial charge in [0.25, 0.3) is 0 Å². The van der Waals surface area contributed by atoms with Gasteiger partial charge in [0, 0.05) is 43.8 Å². The summed E-state index contributed by atoms with van der Waals surface area (Å²) in [6, 6.07) is 4.74. The first-order chi connectivity index (χ1) is 12.8. The number of alkyl carbamates (subject to hydrolysis) is 1. The Kier molecular flexibility index (Phi) is 7.04. The number of hydrogen-bond donors (Lipinski definition) is 4. The van der Waals surface area contributed by atoms with Crippen LogP contribution in [0.15, 0.2) is 29.4 Å². The molecule has 0 saturated heterocycles. The summed E-state index contributed by atoms with van der Waals surface area (Å²) in [4.78, 5) is 18.8. The number of rotatable bonds is 6. The number of fused-ring (bicyclic) bond motifs is 1. The van der Waals surface area contributed by atoms with Gasteiger partial charge in [0.15, 0.2) is 5.96 Å². The number of amides is 1. The molecular formula is C19H28FN5O2. The van der Waals surface area contributed by atoms with Crippen molar-refractivity contribution in [3.05, 3.63) is 35.8 Å². The van der Waals surface area contributed by atoms with Crippen LogP contribution in [0, 0.1) is 5.82 Å². The summed E-state index contributed by atoms with van der Waals surface area (Å²) >= 11 is 0. The number of aliphatic imine (C=N–C) groups is 1. The zero-order valence-corrected chi connectivity index (χ0v) is 16.3. The van der Waals surface area contributed by atoms with E-state index in [-0.39, 0.29) is 5.82 Å². The third kappa shape index (κ3) is 6.80. The maximum atomic E-state index is 13.2. The van der Waals surface area contributed by atoms with E-state index in [4.69, 9.17) is 4.74 Å². The third-order valence-corrected chi connectivity index (χ3v) is 3.73. The van der Waals surface area contributed by atoms with Crippen molar-refractivity contribution in [2.45, 2.75) is 32.8 Å². The third-order valence-electron chi connectivity index (χ3n) is 3.73. The summed E-state index contributed by atoms with van der Waals surface area (Å²) in [5.74, 6) is 0.394. The van der Waals surface area contributed by atoms with Crippen molar-refractivity contribution in [3.8, 4) is 0 Å². The van der Waals surface area contributed by atoms with Crippen LogP contribution in [0.5, 0.6) is 0 Å². The van der Waals surface area contributed by atoms with Crippen LogP contribution in [-0.4, -0.2) is 49.3 Å². The number of carbonyl (C=O) groups excluding carboxylic acids is 1. The standard InChI is InChI=1S/C19H28FN5O2/c1-19(2,3)27-18(26)24-10-9-23-17(21-4)22-8-7-13-12-25-16-11-14(20)5-6-15(13)16/h5-6,11-12,25H,7-10H2,1-4H3,(H,24,26)(H2,21,22,23). The maximum Gasteiger partial charge on any atom is 0.407 e. The number of nitrogens with one attached hydrogen (secondary N) is 4. The molecule has 4 N–H and O–H groups in total. The first-order valence-electron chi connectivity index (χ1n) is 8.95. The molecule has 0 spiro atoms. The van der Waals surface area contributed by atoms with Crippen LogP contribution >= 0.6 is 0 Å². The Bertz CT molecular complexity index is 795. The Morgan fingerprint density at radius 3 is 2.59 bits per heavy atom. The van der Waals surface area contributed by atoms with E-state index in [0.717, 1.165) is 22.9 Å². The second kappa shape index (κ2) is 9.25. The number of nitrogens with zero attached hydrogens (tertiary/aromatic N) is 1. The largest absolute Gasteiger partial charge is 0.444 e. The topological polar surface area (TPSA) is 90.5 Å². The zero-order chi connectivity index (χ0) is 19.9. The van der Waals surface area contributed by atoms with Gasteiger partial charge in [0.2, 0.25) is 0 Å². The van der Waals surface area contributed by atoms with E-state index >= 15 is 0 Å². The molecule has 0 radical (unpaired) electrons. The minimum atomic E-state index is -0.511. The number of guanidine groups is 1. The molecule has 2 rings (SSSR count). The summed E-state index contributed by atoms with van der Waals surface area (Å²) in [5, 5.41) is 10.0. The van der Waals surface area contributed by atoms with Crippen LogP contribution in [0.25, 0.3) is 10.9 Å². The smallest absolute Gasteiger partial charge is 0.407 e. The quantitative estimate of drug-likeness (QED) is 0.354. The van der Waals surface area contributed by atoms with E-state index in [1.54, 1.807) is 13.1 Å². The molecule has 2 aromatic rings. The highest BCUT2D eigenvalue weighted by molar-refractivity contribution is 5.83. The maximum absolute atomic E-state index is 13.2. The molecule has 1 aromatic heterocycles. The number of hydrogen-bond acceptors (Lipinski definition) is 3. The van der Waals surface area contributed by atoms with Crippen LogP contribution in [-0.2, 0) is 11.2 Å². The Hall–Kier alpha value is -2.77. The molecule has 27 heavy (non-hydrogen) atoms. The average molecular weight is 377 g/mol. The highest BCUT2D eigenvalue weighted by atomic mass is 19.1. The number of halogens is 1. The van der Waals surface area contributed by atoms with Gasteiger partial charge in [-0.1, -0.05) is 0 Å². The molecule has 0 unspecified atom stereocenters. The van der Waals surface area contributed by atoms with E-state index < -0.39 is 11.7 Å². The molecule has 0 aliphatic carbocycles. The molecule has 8 heteroatoms. The highest BCUT2D eigenvalue weighted by Gasteiger charge is 2.15. The lowest BCUT2D eigenvalue weighted by molar-refractivity contribution is 0.0529. The van der Waals surface area contributed by atoms with Crippen molar-refractivity contribution >= 4 is 23.0 Å². The van der Waals surface area contributed by atoms with Crippen LogP contribution < -0.4 is 16.0 Å². The van der Waals surface area contributed by atoms with E-state index in [1.807, 2.05) is 27.0 Å². The molecule has 0 bridgehead atoms. The van der Waals surface area contributed by atoms with Gasteiger partial charge < -0.3 is 25.7 Å². The SMILES string of the molecule is CN=C(NCCNC(=O)OC(C)(C)C)NCCc1c[nH]c2cc(F)ccc12. The molecule has 148 valence electrons. The van der Waals surface area contributed by atoms with Crippen molar-refractivity contribution < 1.29 is 13.9 Å². The lowest BCUT2D eigenvalue weighted by Crippen LogP contribution is -2.42. The van der Waals surface area contributed by atoms with Crippen molar-refractivity contribution in [3.63, 3.8) is 0 Å². The van der Waals surface area contributed by atoms with Crippen LogP contribution in [0.1, 0.15) is 26.3 Å². The summed E-state index contributed by atoms with van der Waals surface area (Å²) in [6.45, 7) is 7.07. The van der Waals surface area contributed by atoms with Crippen LogP contribution in [0.2, 0.25) is 0 Å². The molecule has 1 amide bonds. The lowest BCUT2D eigenvalue weighted by Gasteiger charge is -2.19. The molecule has 0 saturated carbocycles. The first-order valence-corrected chi connectivity index (χ1v) is 8.95. The minimum Gasteiger partial charge on any atom is -0.444 e. The van der Waals surface area contributed by atoms with Crippen LogP contribution in [0.3, 0.4) is 0 Å². The number of benzene rings is 1. The molecule has 0 fully saturated rings. The van der Waals surface area contributed by atoms with Gasteiger partial charge in [-0.2, -0.15) is 0 Å². The van der Waals surface area contributed by atoms with Gasteiger partial charge in [0.05, 0.1) is 0 Å². The van der Waals surface area contributed by atoms with E-state index in [0.29, 0.717) is 25.6 Å². The van der Waals surface area contributed by atoms with Crippen molar-refractivity contribution in [1.82, 2.24) is 20.9 Å². The second-order valence-electron chi connectivity index (χ2n) is 7.11. The Balaban J connectivity index is 1.70. The second-order valence-corrected chi connectivity index (χ2v) is 7.11. The molecule has 1 heterocycles. The Morgan fingerprint density at radius 2 is 1.89 bits per heavy atom. The first kappa shape index (κ1) is 20.5. The summed E-state index contributed by atoms with van der Waals surface area (Å²) in [6.07, 6.45) is 2.22. The fourth-order valence-corrected chi connectivity index (χ4v) is 2.56. The lowest BCUT2D eigenvalue weighted by atomic mass is 10.1. The van der Waals surface area contributed by atoms with Crippen molar-refractivity contribution in [2.75, 3.05) is 26.7 Å². The zero-order valence-electron chi connectivity index (χ0n) is 16.3.